The molecule has 0 radical (unpaired) electrons. The smallest absolute Gasteiger partial charge is 0.188 e. The van der Waals surface area contributed by atoms with E-state index in [2.05, 4.69) is 13.0 Å². The lowest BCUT2D eigenvalue weighted by atomic mass is 10.1. The zero-order chi connectivity index (χ0) is 15.4. The Morgan fingerprint density at radius 1 is 0.810 bits per heavy atom. The van der Waals surface area contributed by atoms with Crippen molar-refractivity contribution in [2.24, 2.45) is 0 Å². The monoisotopic (exact) mass is 298 g/mol. The zero-order valence-corrected chi connectivity index (χ0v) is 13.9. The number of unbranched alkanes of at least 4 members (excludes halogenated alkanes) is 10. The van der Waals surface area contributed by atoms with Crippen LogP contribution in [-0.4, -0.2) is 19.7 Å². The molecule has 0 aromatic heterocycles. The first-order valence-corrected chi connectivity index (χ1v) is 8.69. The van der Waals surface area contributed by atoms with Crippen molar-refractivity contribution in [3.63, 3.8) is 0 Å². The summed E-state index contributed by atoms with van der Waals surface area (Å²) in [5.74, 6) is 0. The van der Waals surface area contributed by atoms with E-state index in [1.165, 1.54) is 51.4 Å². The van der Waals surface area contributed by atoms with E-state index >= 15 is 0 Å². The van der Waals surface area contributed by atoms with Crippen LogP contribution < -0.4 is 0 Å². The van der Waals surface area contributed by atoms with Crippen LogP contribution in [0.25, 0.3) is 0 Å². The second kappa shape index (κ2) is 19.2. The van der Waals surface area contributed by atoms with Gasteiger partial charge in [0.1, 0.15) is 6.29 Å². The minimum Gasteiger partial charge on any atom is -0.475 e. The van der Waals surface area contributed by atoms with Crippen LogP contribution in [-0.2, 0) is 14.3 Å². The van der Waals surface area contributed by atoms with Gasteiger partial charge in [0.15, 0.2) is 6.79 Å². The summed E-state index contributed by atoms with van der Waals surface area (Å²) in [6.45, 7) is 3.23. The van der Waals surface area contributed by atoms with Crippen LogP contribution in [0.2, 0.25) is 0 Å². The van der Waals surface area contributed by atoms with Crippen molar-refractivity contribution in [2.75, 3.05) is 13.4 Å². The van der Waals surface area contributed by atoms with E-state index in [9.17, 15) is 4.79 Å². The van der Waals surface area contributed by atoms with Gasteiger partial charge in [0.2, 0.25) is 0 Å². The first-order chi connectivity index (χ1) is 10.4. The number of allylic oxidation sites excluding steroid dienone is 1. The van der Waals surface area contributed by atoms with E-state index < -0.39 is 0 Å². The number of carbonyl (C=O) groups excluding carboxylic acids is 1. The SMILES string of the molecule is CCCOCOC=CCCCCCCCCCCCC=O. The maximum atomic E-state index is 10.1. The molecule has 0 aromatic carbocycles. The van der Waals surface area contributed by atoms with Gasteiger partial charge in [-0.15, -0.1) is 0 Å². The third-order valence-electron chi connectivity index (χ3n) is 3.39. The van der Waals surface area contributed by atoms with E-state index in [1.54, 1.807) is 6.26 Å². The molecule has 0 aliphatic carbocycles. The van der Waals surface area contributed by atoms with E-state index in [0.717, 1.165) is 38.6 Å². The van der Waals surface area contributed by atoms with E-state index in [-0.39, 0.29) is 0 Å². The lowest BCUT2D eigenvalue weighted by Crippen LogP contribution is -1.96. The summed E-state index contributed by atoms with van der Waals surface area (Å²) in [6, 6.07) is 0. The van der Waals surface area contributed by atoms with Crippen LogP contribution in [0.5, 0.6) is 0 Å². The van der Waals surface area contributed by atoms with Gasteiger partial charge in [0.05, 0.1) is 12.9 Å². The highest BCUT2D eigenvalue weighted by Crippen LogP contribution is 2.11. The van der Waals surface area contributed by atoms with Gasteiger partial charge in [0, 0.05) is 6.42 Å². The Labute approximate surface area is 131 Å². The average molecular weight is 298 g/mol. The van der Waals surface area contributed by atoms with E-state index in [1.807, 2.05) is 0 Å². The Morgan fingerprint density at radius 3 is 1.95 bits per heavy atom. The average Bonchev–Trinajstić information content (AvgIpc) is 2.50. The third kappa shape index (κ3) is 19.2. The number of carbonyl (C=O) groups is 1. The summed E-state index contributed by atoms with van der Waals surface area (Å²) in [4.78, 5) is 10.1. The van der Waals surface area contributed by atoms with Gasteiger partial charge in [0.25, 0.3) is 0 Å². The first-order valence-electron chi connectivity index (χ1n) is 8.69. The molecule has 0 saturated carbocycles. The molecular weight excluding hydrogens is 264 g/mol. The quantitative estimate of drug-likeness (QED) is 0.156. The van der Waals surface area contributed by atoms with Crippen molar-refractivity contribution in [1.82, 2.24) is 0 Å². The normalized spacial score (nSPS) is 11.1. The predicted octanol–water partition coefficient (Wildman–Crippen LogP) is 5.39. The maximum absolute atomic E-state index is 10.1. The number of hydrogen-bond donors (Lipinski definition) is 0. The van der Waals surface area contributed by atoms with Crippen LogP contribution in [0.15, 0.2) is 12.3 Å². The van der Waals surface area contributed by atoms with Crippen LogP contribution in [0, 0.1) is 0 Å². The zero-order valence-electron chi connectivity index (χ0n) is 13.9. The summed E-state index contributed by atoms with van der Waals surface area (Å²) in [5.41, 5.74) is 0. The molecule has 0 amide bonds. The molecule has 0 aromatic rings. The molecule has 0 saturated heterocycles. The van der Waals surface area contributed by atoms with Crippen LogP contribution >= 0.6 is 0 Å². The molecule has 0 aliphatic rings. The summed E-state index contributed by atoms with van der Waals surface area (Å²) in [7, 11) is 0. The highest BCUT2D eigenvalue weighted by molar-refractivity contribution is 5.48. The van der Waals surface area contributed by atoms with Crippen molar-refractivity contribution in [3.8, 4) is 0 Å². The lowest BCUT2D eigenvalue weighted by Gasteiger charge is -2.02. The molecule has 0 bridgehead atoms. The van der Waals surface area contributed by atoms with E-state index in [4.69, 9.17) is 9.47 Å². The molecule has 0 aliphatic heterocycles. The minimum atomic E-state index is 0.372. The molecule has 3 heteroatoms. The van der Waals surface area contributed by atoms with Gasteiger partial charge >= 0.3 is 0 Å². The number of ether oxygens (including phenoxy) is 2. The van der Waals surface area contributed by atoms with E-state index in [0.29, 0.717) is 6.79 Å². The summed E-state index contributed by atoms with van der Waals surface area (Å²) in [5, 5.41) is 0. The number of hydrogen-bond acceptors (Lipinski definition) is 3. The predicted molar refractivity (Wildman–Crippen MR) is 88.2 cm³/mol. The topological polar surface area (TPSA) is 35.5 Å². The summed E-state index contributed by atoms with van der Waals surface area (Å²) < 4.78 is 10.4. The van der Waals surface area contributed by atoms with Gasteiger partial charge in [-0.05, 0) is 31.8 Å². The third-order valence-corrected chi connectivity index (χ3v) is 3.39. The van der Waals surface area contributed by atoms with Crippen LogP contribution in [0.3, 0.4) is 0 Å². The molecular formula is C18H34O3. The van der Waals surface area contributed by atoms with Crippen LogP contribution in [0.4, 0.5) is 0 Å². The summed E-state index contributed by atoms with van der Waals surface area (Å²) >= 11 is 0. The molecule has 0 N–H and O–H groups in total. The highest BCUT2D eigenvalue weighted by Gasteiger charge is 1.92. The highest BCUT2D eigenvalue weighted by atomic mass is 16.7. The molecule has 3 nitrogen and oxygen atoms in total. The minimum absolute atomic E-state index is 0.372. The Balaban J connectivity index is 3.01. The molecule has 21 heavy (non-hydrogen) atoms. The van der Waals surface area contributed by atoms with Crippen molar-refractivity contribution in [1.29, 1.82) is 0 Å². The molecule has 124 valence electrons. The van der Waals surface area contributed by atoms with Gasteiger partial charge in [-0.1, -0.05) is 51.9 Å². The largest absolute Gasteiger partial charge is 0.475 e. The Hall–Kier alpha value is -0.830. The first kappa shape index (κ1) is 20.2. The Morgan fingerprint density at radius 2 is 1.38 bits per heavy atom. The molecule has 0 rings (SSSR count). The Kier molecular flexibility index (Phi) is 18.4. The fourth-order valence-corrected chi connectivity index (χ4v) is 2.15. The summed E-state index contributed by atoms with van der Waals surface area (Å²) in [6.07, 6.45) is 19.2. The van der Waals surface area contributed by atoms with Crippen molar-refractivity contribution >= 4 is 6.29 Å². The van der Waals surface area contributed by atoms with Crippen molar-refractivity contribution in [2.45, 2.75) is 84.0 Å². The lowest BCUT2D eigenvalue weighted by molar-refractivity contribution is -0.107. The number of rotatable bonds is 17. The fourth-order valence-electron chi connectivity index (χ4n) is 2.15. The second-order valence-corrected chi connectivity index (χ2v) is 5.49. The molecule has 0 heterocycles. The van der Waals surface area contributed by atoms with Gasteiger partial charge in [-0.2, -0.15) is 0 Å². The number of aldehydes is 1. The molecule has 0 atom stereocenters. The van der Waals surface area contributed by atoms with Crippen molar-refractivity contribution < 1.29 is 14.3 Å². The van der Waals surface area contributed by atoms with Gasteiger partial charge in [-0.3, -0.25) is 0 Å². The fraction of sp³-hybridized carbons (Fsp3) is 0.833. The maximum Gasteiger partial charge on any atom is 0.188 e. The van der Waals surface area contributed by atoms with Crippen molar-refractivity contribution in [3.05, 3.63) is 12.3 Å². The molecule has 0 spiro atoms. The van der Waals surface area contributed by atoms with Gasteiger partial charge in [-0.25, -0.2) is 0 Å². The molecule has 0 fully saturated rings. The standard InChI is InChI=1S/C18H34O3/c1-2-16-20-18-21-17-14-12-10-8-6-4-3-5-7-9-11-13-15-19/h14-15,17H,2-13,16,18H2,1H3. The van der Waals surface area contributed by atoms with Crippen LogP contribution in [0.1, 0.15) is 84.0 Å². The Bertz CT molecular complexity index is 227. The van der Waals surface area contributed by atoms with Gasteiger partial charge < -0.3 is 14.3 Å². The molecule has 0 unspecified atom stereocenters. The second-order valence-electron chi connectivity index (χ2n) is 5.49.